The Hall–Kier alpha value is -2.61. The van der Waals surface area contributed by atoms with Crippen LogP contribution in [0.15, 0.2) is 24.3 Å². The van der Waals surface area contributed by atoms with Crippen LogP contribution in [0.25, 0.3) is 0 Å². The minimum atomic E-state index is -0.746. The van der Waals surface area contributed by atoms with E-state index in [-0.39, 0.29) is 24.3 Å². The second kappa shape index (κ2) is 8.18. The largest absolute Gasteiger partial charge is 0.497 e. The van der Waals surface area contributed by atoms with Gasteiger partial charge in [0.2, 0.25) is 17.7 Å². The van der Waals surface area contributed by atoms with E-state index in [4.69, 9.17) is 16.2 Å². The Bertz CT molecular complexity index is 760. The van der Waals surface area contributed by atoms with Crippen molar-refractivity contribution in [1.82, 2.24) is 9.80 Å². The van der Waals surface area contributed by atoms with Gasteiger partial charge in [-0.05, 0) is 43.5 Å². The number of methoxy groups -OCH3 is 1. The van der Waals surface area contributed by atoms with Gasteiger partial charge in [0, 0.05) is 19.6 Å². The summed E-state index contributed by atoms with van der Waals surface area (Å²) in [5, 5.41) is 0. The molecule has 2 aliphatic heterocycles. The van der Waals surface area contributed by atoms with Gasteiger partial charge in [0.1, 0.15) is 5.75 Å². The number of primary amides is 2. The minimum Gasteiger partial charge on any atom is -0.497 e. The van der Waals surface area contributed by atoms with E-state index in [1.165, 1.54) is 0 Å². The normalized spacial score (nSPS) is 21.6. The first kappa shape index (κ1) is 20.1. The average Bonchev–Trinajstić information content (AvgIpc) is 2.63. The van der Waals surface area contributed by atoms with Gasteiger partial charge in [0.05, 0.1) is 25.0 Å². The molecule has 4 N–H and O–H groups in total. The van der Waals surface area contributed by atoms with Crippen molar-refractivity contribution in [2.24, 2.45) is 22.8 Å². The number of nitrogens with zero attached hydrogens (tertiary/aromatic N) is 2. The number of piperidine rings is 1. The van der Waals surface area contributed by atoms with Gasteiger partial charge >= 0.3 is 0 Å². The molecule has 28 heavy (non-hydrogen) atoms. The molecule has 0 bridgehead atoms. The Balaban J connectivity index is 1.62. The van der Waals surface area contributed by atoms with Crippen molar-refractivity contribution in [3.05, 3.63) is 29.8 Å². The summed E-state index contributed by atoms with van der Waals surface area (Å²) in [4.78, 5) is 39.8. The lowest BCUT2D eigenvalue weighted by Gasteiger charge is -2.49. The van der Waals surface area contributed by atoms with Crippen molar-refractivity contribution in [1.29, 1.82) is 0 Å². The van der Waals surface area contributed by atoms with E-state index in [1.807, 2.05) is 29.2 Å². The molecule has 1 unspecified atom stereocenters. The lowest BCUT2D eigenvalue weighted by atomic mass is 9.73. The summed E-state index contributed by atoms with van der Waals surface area (Å²) in [6, 6.07) is 7.54. The molecular formula is C20H28N4O4. The Kier molecular flexibility index (Phi) is 5.88. The van der Waals surface area contributed by atoms with E-state index in [0.717, 1.165) is 30.7 Å². The van der Waals surface area contributed by atoms with Crippen molar-refractivity contribution in [3.63, 3.8) is 0 Å². The molecule has 1 aromatic rings. The highest BCUT2D eigenvalue weighted by Gasteiger charge is 2.51. The summed E-state index contributed by atoms with van der Waals surface area (Å²) < 4.78 is 5.24. The second-order valence-corrected chi connectivity index (χ2v) is 7.91. The topological polar surface area (TPSA) is 119 Å². The number of amides is 3. The quantitative estimate of drug-likeness (QED) is 0.668. The molecule has 3 rings (SSSR count). The van der Waals surface area contributed by atoms with Crippen molar-refractivity contribution in [2.75, 3.05) is 39.8 Å². The molecule has 8 nitrogen and oxygen atoms in total. The summed E-state index contributed by atoms with van der Waals surface area (Å²) in [7, 11) is 1.60. The van der Waals surface area contributed by atoms with E-state index in [1.54, 1.807) is 12.0 Å². The summed E-state index contributed by atoms with van der Waals surface area (Å²) in [5.74, 6) is -0.199. The standard InChI is InChI=1S/C20H28N4O4/c1-28-16-6-2-4-14(8-16)9-20(19(22)27)12-24(13-20)18(26)15-5-3-7-23(10-15)11-17(21)25/h2,4,6,8,15H,3,5,7,9-13H2,1H3,(H2,21,25)(H2,22,27). The highest BCUT2D eigenvalue weighted by Crippen LogP contribution is 2.36. The van der Waals surface area contributed by atoms with E-state index in [9.17, 15) is 14.4 Å². The van der Waals surface area contributed by atoms with Crippen LogP contribution in [-0.4, -0.2) is 67.4 Å². The van der Waals surface area contributed by atoms with Crippen LogP contribution in [0.1, 0.15) is 18.4 Å². The fourth-order valence-electron chi connectivity index (χ4n) is 4.25. The molecule has 2 fully saturated rings. The first-order chi connectivity index (χ1) is 13.3. The summed E-state index contributed by atoms with van der Waals surface area (Å²) in [6.45, 7) is 2.12. The summed E-state index contributed by atoms with van der Waals surface area (Å²) in [5.41, 5.74) is 11.2. The monoisotopic (exact) mass is 388 g/mol. The highest BCUT2D eigenvalue weighted by molar-refractivity contribution is 5.88. The number of hydrogen-bond acceptors (Lipinski definition) is 5. The fourth-order valence-corrected chi connectivity index (χ4v) is 4.25. The van der Waals surface area contributed by atoms with Crippen molar-refractivity contribution < 1.29 is 19.1 Å². The van der Waals surface area contributed by atoms with Crippen LogP contribution in [-0.2, 0) is 20.8 Å². The second-order valence-electron chi connectivity index (χ2n) is 7.91. The maximum atomic E-state index is 12.9. The van der Waals surface area contributed by atoms with Crippen molar-refractivity contribution in [2.45, 2.75) is 19.3 Å². The smallest absolute Gasteiger partial charge is 0.231 e. The number of hydrogen-bond donors (Lipinski definition) is 2. The SMILES string of the molecule is COc1cccc(CC2(C(N)=O)CN(C(=O)C3CCCN(CC(N)=O)C3)C2)c1. The molecule has 0 aliphatic carbocycles. The van der Waals surface area contributed by atoms with Gasteiger partial charge in [-0.15, -0.1) is 0 Å². The first-order valence-corrected chi connectivity index (χ1v) is 9.55. The van der Waals surface area contributed by atoms with Crippen LogP contribution in [0.4, 0.5) is 0 Å². The molecule has 152 valence electrons. The molecule has 0 radical (unpaired) electrons. The average molecular weight is 388 g/mol. The van der Waals surface area contributed by atoms with Gasteiger partial charge < -0.3 is 21.1 Å². The molecule has 0 saturated carbocycles. The van der Waals surface area contributed by atoms with Crippen molar-refractivity contribution in [3.8, 4) is 5.75 Å². The van der Waals surface area contributed by atoms with Crippen molar-refractivity contribution >= 4 is 17.7 Å². The predicted octanol–water partition coefficient (Wildman–Crippen LogP) is -0.251. The molecule has 1 atom stereocenters. The number of likely N-dealkylation sites (tertiary alicyclic amines) is 2. The number of rotatable bonds is 7. The van der Waals surface area contributed by atoms with Gasteiger partial charge in [-0.1, -0.05) is 12.1 Å². The van der Waals surface area contributed by atoms with Gasteiger partial charge in [-0.2, -0.15) is 0 Å². The van der Waals surface area contributed by atoms with Crippen LogP contribution in [0, 0.1) is 11.3 Å². The maximum absolute atomic E-state index is 12.9. The van der Waals surface area contributed by atoms with Gasteiger partial charge in [0.15, 0.2) is 0 Å². The first-order valence-electron chi connectivity index (χ1n) is 9.55. The third-order valence-electron chi connectivity index (χ3n) is 5.73. The number of benzene rings is 1. The van der Waals surface area contributed by atoms with E-state index in [0.29, 0.717) is 26.1 Å². The number of carbonyl (C=O) groups is 3. The highest BCUT2D eigenvalue weighted by atomic mass is 16.5. The zero-order valence-corrected chi connectivity index (χ0v) is 16.2. The fraction of sp³-hybridized carbons (Fsp3) is 0.550. The molecule has 2 saturated heterocycles. The lowest BCUT2D eigenvalue weighted by Crippen LogP contribution is -2.66. The Morgan fingerprint density at radius 3 is 2.64 bits per heavy atom. The number of ether oxygens (including phenoxy) is 1. The molecule has 1 aromatic carbocycles. The third kappa shape index (κ3) is 4.27. The molecule has 3 amide bonds. The Morgan fingerprint density at radius 1 is 1.25 bits per heavy atom. The molecule has 2 heterocycles. The Morgan fingerprint density at radius 2 is 2.00 bits per heavy atom. The number of nitrogens with two attached hydrogens (primary N) is 2. The summed E-state index contributed by atoms with van der Waals surface area (Å²) >= 11 is 0. The van der Waals surface area contributed by atoms with E-state index < -0.39 is 11.3 Å². The molecule has 0 spiro atoms. The zero-order valence-electron chi connectivity index (χ0n) is 16.2. The zero-order chi connectivity index (χ0) is 20.3. The number of carbonyl (C=O) groups excluding carboxylic acids is 3. The minimum absolute atomic E-state index is 0.0247. The molecule has 8 heteroatoms. The lowest BCUT2D eigenvalue weighted by molar-refractivity contribution is -0.156. The van der Waals surface area contributed by atoms with Gasteiger partial charge in [-0.25, -0.2) is 0 Å². The summed E-state index contributed by atoms with van der Waals surface area (Å²) in [6.07, 6.45) is 2.11. The van der Waals surface area contributed by atoms with Crippen LogP contribution < -0.4 is 16.2 Å². The third-order valence-corrected chi connectivity index (χ3v) is 5.73. The van der Waals surface area contributed by atoms with Crippen LogP contribution >= 0.6 is 0 Å². The molecule has 2 aliphatic rings. The van der Waals surface area contributed by atoms with E-state index in [2.05, 4.69) is 0 Å². The van der Waals surface area contributed by atoms with Gasteiger partial charge in [0.25, 0.3) is 0 Å². The molecule has 0 aromatic heterocycles. The van der Waals surface area contributed by atoms with Crippen LogP contribution in [0.5, 0.6) is 5.75 Å². The molecular weight excluding hydrogens is 360 g/mol. The van der Waals surface area contributed by atoms with Crippen LogP contribution in [0.2, 0.25) is 0 Å². The van der Waals surface area contributed by atoms with Gasteiger partial charge in [-0.3, -0.25) is 19.3 Å². The predicted molar refractivity (Wildman–Crippen MR) is 103 cm³/mol. The van der Waals surface area contributed by atoms with Crippen LogP contribution in [0.3, 0.4) is 0 Å². The maximum Gasteiger partial charge on any atom is 0.231 e. The Labute approximate surface area is 164 Å². The van der Waals surface area contributed by atoms with E-state index >= 15 is 0 Å².